The van der Waals surface area contributed by atoms with Crippen LogP contribution in [0, 0.1) is 0 Å². The SMILES string of the molecule is CN(C)c1ccc(N2CCC(Nc3ccc(CN4CCCC4)cc3)CC2)cc1. The van der Waals surface area contributed by atoms with Gasteiger partial charge in [-0.1, -0.05) is 12.1 Å². The predicted octanol–water partition coefficient (Wildman–Crippen LogP) is 4.43. The van der Waals surface area contributed by atoms with Crippen molar-refractivity contribution in [3.05, 3.63) is 54.1 Å². The number of piperidine rings is 1. The van der Waals surface area contributed by atoms with E-state index in [0.29, 0.717) is 6.04 Å². The number of nitrogens with zero attached hydrogens (tertiary/aromatic N) is 3. The topological polar surface area (TPSA) is 21.8 Å². The largest absolute Gasteiger partial charge is 0.382 e. The summed E-state index contributed by atoms with van der Waals surface area (Å²) in [5.41, 5.74) is 5.30. The van der Waals surface area contributed by atoms with Crippen LogP contribution in [0.1, 0.15) is 31.2 Å². The number of likely N-dealkylation sites (tertiary alicyclic amines) is 1. The third kappa shape index (κ3) is 4.79. The molecule has 0 unspecified atom stereocenters. The zero-order chi connectivity index (χ0) is 19.3. The van der Waals surface area contributed by atoms with E-state index in [9.17, 15) is 0 Å². The Kier molecular flexibility index (Phi) is 6.06. The maximum atomic E-state index is 3.75. The highest BCUT2D eigenvalue weighted by Gasteiger charge is 2.19. The zero-order valence-corrected chi connectivity index (χ0v) is 17.4. The highest BCUT2D eigenvalue weighted by atomic mass is 15.2. The van der Waals surface area contributed by atoms with Crippen molar-refractivity contribution in [1.82, 2.24) is 4.90 Å². The molecule has 2 aliphatic rings. The van der Waals surface area contributed by atoms with Crippen molar-refractivity contribution in [2.45, 2.75) is 38.3 Å². The van der Waals surface area contributed by atoms with Gasteiger partial charge in [0.2, 0.25) is 0 Å². The molecule has 150 valence electrons. The molecule has 0 amide bonds. The minimum Gasteiger partial charge on any atom is -0.382 e. The number of rotatable bonds is 6. The lowest BCUT2D eigenvalue weighted by Gasteiger charge is -2.34. The van der Waals surface area contributed by atoms with Gasteiger partial charge in [0.05, 0.1) is 0 Å². The molecule has 0 spiro atoms. The molecule has 28 heavy (non-hydrogen) atoms. The van der Waals surface area contributed by atoms with Gasteiger partial charge in [-0.05, 0) is 80.7 Å². The maximum Gasteiger partial charge on any atom is 0.0367 e. The van der Waals surface area contributed by atoms with Crippen LogP contribution in [0.5, 0.6) is 0 Å². The van der Waals surface area contributed by atoms with E-state index < -0.39 is 0 Å². The van der Waals surface area contributed by atoms with Gasteiger partial charge >= 0.3 is 0 Å². The number of anilines is 3. The predicted molar refractivity (Wildman–Crippen MR) is 121 cm³/mol. The minimum atomic E-state index is 0.571. The summed E-state index contributed by atoms with van der Waals surface area (Å²) in [6.45, 7) is 5.86. The van der Waals surface area contributed by atoms with Crippen molar-refractivity contribution in [3.8, 4) is 0 Å². The second-order valence-electron chi connectivity index (χ2n) is 8.50. The van der Waals surface area contributed by atoms with Crippen LogP contribution < -0.4 is 15.1 Å². The van der Waals surface area contributed by atoms with Gasteiger partial charge in [0, 0.05) is 56.8 Å². The molecular formula is C24H34N4. The second-order valence-corrected chi connectivity index (χ2v) is 8.50. The van der Waals surface area contributed by atoms with Crippen molar-refractivity contribution >= 4 is 17.1 Å². The third-order valence-electron chi connectivity index (χ3n) is 6.16. The van der Waals surface area contributed by atoms with E-state index in [-0.39, 0.29) is 0 Å². The molecule has 2 aliphatic heterocycles. The van der Waals surface area contributed by atoms with E-state index >= 15 is 0 Å². The van der Waals surface area contributed by atoms with Gasteiger partial charge < -0.3 is 15.1 Å². The molecule has 2 aromatic carbocycles. The molecule has 2 fully saturated rings. The average molecular weight is 379 g/mol. The first-order valence-electron chi connectivity index (χ1n) is 10.8. The molecule has 0 radical (unpaired) electrons. The van der Waals surface area contributed by atoms with Gasteiger partial charge in [0.1, 0.15) is 0 Å². The summed E-state index contributed by atoms with van der Waals surface area (Å²) in [7, 11) is 4.18. The number of hydrogen-bond donors (Lipinski definition) is 1. The third-order valence-corrected chi connectivity index (χ3v) is 6.16. The molecule has 4 rings (SSSR count). The minimum absolute atomic E-state index is 0.571. The Morgan fingerprint density at radius 3 is 2.11 bits per heavy atom. The smallest absolute Gasteiger partial charge is 0.0367 e. The van der Waals surface area contributed by atoms with Crippen molar-refractivity contribution in [1.29, 1.82) is 0 Å². The van der Waals surface area contributed by atoms with Crippen LogP contribution in [0.4, 0.5) is 17.1 Å². The van der Waals surface area contributed by atoms with Crippen molar-refractivity contribution in [2.24, 2.45) is 0 Å². The van der Waals surface area contributed by atoms with Crippen LogP contribution in [0.15, 0.2) is 48.5 Å². The normalized spacial score (nSPS) is 18.4. The zero-order valence-electron chi connectivity index (χ0n) is 17.4. The summed E-state index contributed by atoms with van der Waals surface area (Å²) in [5, 5.41) is 3.75. The maximum absolute atomic E-state index is 3.75. The molecule has 0 atom stereocenters. The summed E-state index contributed by atoms with van der Waals surface area (Å²) >= 11 is 0. The van der Waals surface area contributed by atoms with Crippen LogP contribution in [0.2, 0.25) is 0 Å². The van der Waals surface area contributed by atoms with Crippen LogP contribution in [-0.4, -0.2) is 51.2 Å². The first-order chi connectivity index (χ1) is 13.7. The van der Waals surface area contributed by atoms with E-state index in [1.807, 2.05) is 0 Å². The van der Waals surface area contributed by atoms with Crippen LogP contribution >= 0.6 is 0 Å². The van der Waals surface area contributed by atoms with Gasteiger partial charge in [-0.15, -0.1) is 0 Å². The lowest BCUT2D eigenvalue weighted by atomic mass is 10.0. The van der Waals surface area contributed by atoms with E-state index in [1.54, 1.807) is 0 Å². The van der Waals surface area contributed by atoms with Gasteiger partial charge in [0.15, 0.2) is 0 Å². The summed E-state index contributed by atoms with van der Waals surface area (Å²) in [5.74, 6) is 0. The second kappa shape index (κ2) is 8.87. The molecule has 0 aliphatic carbocycles. The molecule has 0 saturated carbocycles. The van der Waals surface area contributed by atoms with Gasteiger partial charge in [-0.2, -0.15) is 0 Å². The molecule has 1 N–H and O–H groups in total. The molecule has 2 saturated heterocycles. The molecule has 4 nitrogen and oxygen atoms in total. The number of benzene rings is 2. The molecular weight excluding hydrogens is 344 g/mol. The molecule has 2 aromatic rings. The molecule has 0 aromatic heterocycles. The lowest BCUT2D eigenvalue weighted by Crippen LogP contribution is -2.39. The molecule has 4 heteroatoms. The fraction of sp³-hybridized carbons (Fsp3) is 0.500. The Morgan fingerprint density at radius 1 is 0.857 bits per heavy atom. The molecule has 0 bridgehead atoms. The number of nitrogens with one attached hydrogen (secondary N) is 1. The van der Waals surface area contributed by atoms with Crippen molar-refractivity contribution in [3.63, 3.8) is 0 Å². The first-order valence-corrected chi connectivity index (χ1v) is 10.8. The van der Waals surface area contributed by atoms with Crippen molar-refractivity contribution < 1.29 is 0 Å². The van der Waals surface area contributed by atoms with Gasteiger partial charge in [-0.3, -0.25) is 4.90 Å². The summed E-state index contributed by atoms with van der Waals surface area (Å²) < 4.78 is 0. The highest BCUT2D eigenvalue weighted by molar-refractivity contribution is 5.56. The fourth-order valence-corrected chi connectivity index (χ4v) is 4.38. The summed E-state index contributed by atoms with van der Waals surface area (Å²) in [6.07, 6.45) is 5.09. The van der Waals surface area contributed by atoms with E-state index in [4.69, 9.17) is 0 Å². The van der Waals surface area contributed by atoms with E-state index in [0.717, 1.165) is 19.6 Å². The molecule has 2 heterocycles. The Hall–Kier alpha value is -2.20. The monoisotopic (exact) mass is 378 g/mol. The van der Waals surface area contributed by atoms with E-state index in [1.165, 1.54) is 61.4 Å². The summed E-state index contributed by atoms with van der Waals surface area (Å²) in [4.78, 5) is 7.22. The first kappa shape index (κ1) is 19.1. The average Bonchev–Trinajstić information content (AvgIpc) is 3.23. The van der Waals surface area contributed by atoms with Crippen molar-refractivity contribution in [2.75, 3.05) is 55.4 Å². The Balaban J connectivity index is 1.26. The van der Waals surface area contributed by atoms with Crippen LogP contribution in [0.3, 0.4) is 0 Å². The Bertz CT molecular complexity index is 724. The quantitative estimate of drug-likeness (QED) is 0.803. The van der Waals surface area contributed by atoms with Crippen LogP contribution in [0.25, 0.3) is 0 Å². The van der Waals surface area contributed by atoms with E-state index in [2.05, 4.69) is 82.6 Å². The van der Waals surface area contributed by atoms with Crippen LogP contribution in [-0.2, 0) is 6.54 Å². The Morgan fingerprint density at radius 2 is 1.50 bits per heavy atom. The fourth-order valence-electron chi connectivity index (χ4n) is 4.38. The highest BCUT2D eigenvalue weighted by Crippen LogP contribution is 2.24. The summed E-state index contributed by atoms with van der Waals surface area (Å²) in [6, 6.07) is 18.6. The Labute approximate surface area is 170 Å². The van der Waals surface area contributed by atoms with Gasteiger partial charge in [0.25, 0.3) is 0 Å². The standard InChI is InChI=1S/C24H34N4/c1-26(2)23-9-11-24(12-10-23)28-17-13-22(14-18-28)25-21-7-5-20(6-8-21)19-27-15-3-4-16-27/h5-12,22,25H,3-4,13-19H2,1-2H3. The van der Waals surface area contributed by atoms with Gasteiger partial charge in [-0.25, -0.2) is 0 Å². The number of hydrogen-bond acceptors (Lipinski definition) is 4. The lowest BCUT2D eigenvalue weighted by molar-refractivity contribution is 0.331.